The van der Waals surface area contributed by atoms with Crippen LogP contribution in [0.25, 0.3) is 0 Å². The van der Waals surface area contributed by atoms with E-state index in [0.29, 0.717) is 12.1 Å². The first-order chi connectivity index (χ1) is 19.6. The summed E-state index contributed by atoms with van der Waals surface area (Å²) in [4.78, 5) is 20.2. The number of hydrogen-bond donors (Lipinski definition) is 0. The molecule has 40 heavy (non-hydrogen) atoms. The number of hydrogen-bond acceptors (Lipinski definition) is 6. The van der Waals surface area contributed by atoms with Crippen molar-refractivity contribution < 1.29 is 4.48 Å². The highest BCUT2D eigenvalue weighted by molar-refractivity contribution is 8.00. The molecule has 0 saturated carbocycles. The minimum absolute atomic E-state index is 0.374. The molecule has 0 bridgehead atoms. The van der Waals surface area contributed by atoms with Crippen LogP contribution in [0.4, 0.5) is 23.0 Å². The maximum absolute atomic E-state index is 4.94. The van der Waals surface area contributed by atoms with E-state index >= 15 is 0 Å². The van der Waals surface area contributed by atoms with Gasteiger partial charge in [0.05, 0.1) is 60.4 Å². The minimum atomic E-state index is 0.374. The molecule has 4 aromatic rings. The molecular formula is C33H36N5S2+. The fraction of sp³-hybridized carbons (Fsp3) is 0.333. The lowest BCUT2D eigenvalue weighted by atomic mass is 9.97. The van der Waals surface area contributed by atoms with Gasteiger partial charge in [0.2, 0.25) is 0 Å². The van der Waals surface area contributed by atoms with Gasteiger partial charge in [0.15, 0.2) is 0 Å². The molecule has 2 unspecified atom stereocenters. The average Bonchev–Trinajstić information content (AvgIpc) is 2.97. The van der Waals surface area contributed by atoms with Crippen LogP contribution < -0.4 is 9.80 Å². The summed E-state index contributed by atoms with van der Waals surface area (Å²) in [5, 5.41) is 0. The van der Waals surface area contributed by atoms with Crippen molar-refractivity contribution in [3.63, 3.8) is 0 Å². The molecule has 0 radical (unpaired) electrons. The van der Waals surface area contributed by atoms with Crippen LogP contribution in [0, 0.1) is 0 Å². The lowest BCUT2D eigenvalue weighted by Gasteiger charge is -2.45. The number of quaternary nitrogens is 1. The monoisotopic (exact) mass is 566 g/mol. The molecular weight excluding hydrogens is 531 g/mol. The number of likely N-dealkylation sites (N-methyl/N-ethyl adjacent to an activating group) is 1. The quantitative estimate of drug-likeness (QED) is 0.228. The van der Waals surface area contributed by atoms with Crippen molar-refractivity contribution >= 4 is 46.5 Å². The Morgan fingerprint density at radius 2 is 1.05 bits per heavy atom. The summed E-state index contributed by atoms with van der Waals surface area (Å²) in [6.45, 7) is 2.12. The third-order valence-corrected chi connectivity index (χ3v) is 10.6. The molecule has 3 aliphatic rings. The fourth-order valence-corrected chi connectivity index (χ4v) is 8.82. The van der Waals surface area contributed by atoms with Crippen molar-refractivity contribution in [2.24, 2.45) is 0 Å². The lowest BCUT2D eigenvalue weighted by Crippen LogP contribution is -2.56. The highest BCUT2D eigenvalue weighted by atomic mass is 32.2. The van der Waals surface area contributed by atoms with Crippen molar-refractivity contribution in [1.82, 2.24) is 9.97 Å². The van der Waals surface area contributed by atoms with Crippen molar-refractivity contribution in [2.45, 2.75) is 63.8 Å². The maximum atomic E-state index is 4.94. The predicted octanol–water partition coefficient (Wildman–Crippen LogP) is 8.16. The Balaban J connectivity index is 1.25. The molecule has 1 fully saturated rings. The topological polar surface area (TPSA) is 32.3 Å². The standard InChI is InChI=1S/C33H36N5S2/c1-38(2)22-24(36-26-14-6-8-16-28(26)39-30-18-10-20-34-32(30)36)12-4-3-5-13-25(23-38)37-27-15-7-9-17-29(27)40-31-19-11-21-35-33(31)37/h6-11,14-21,24-25H,3-5,12-13,22-23H2,1-2H3/q+1. The van der Waals surface area contributed by atoms with E-state index in [1.807, 2.05) is 35.9 Å². The minimum Gasteiger partial charge on any atom is -0.325 e. The first-order valence-electron chi connectivity index (χ1n) is 14.4. The normalized spacial score (nSPS) is 21.9. The molecule has 1 saturated heterocycles. The summed E-state index contributed by atoms with van der Waals surface area (Å²) in [6, 6.07) is 27.1. The van der Waals surface area contributed by atoms with E-state index in [1.165, 1.54) is 63.1 Å². The summed E-state index contributed by atoms with van der Waals surface area (Å²) in [5.41, 5.74) is 2.61. The Bertz CT molecular complexity index is 1320. The molecule has 0 amide bonds. The molecule has 204 valence electrons. The fourth-order valence-electron chi connectivity index (χ4n) is 6.73. The van der Waals surface area contributed by atoms with E-state index in [-0.39, 0.29) is 0 Å². The number of fused-ring (bicyclic) bond motifs is 4. The molecule has 3 aliphatic heterocycles. The van der Waals surface area contributed by atoms with Crippen LogP contribution >= 0.6 is 23.5 Å². The highest BCUT2D eigenvalue weighted by Crippen LogP contribution is 2.50. The maximum Gasteiger partial charge on any atom is 0.147 e. The molecule has 0 aliphatic carbocycles. The van der Waals surface area contributed by atoms with Gasteiger partial charge in [0.25, 0.3) is 0 Å². The van der Waals surface area contributed by atoms with Gasteiger partial charge in [-0.3, -0.25) is 0 Å². The van der Waals surface area contributed by atoms with Crippen LogP contribution in [0.1, 0.15) is 32.1 Å². The summed E-state index contributed by atoms with van der Waals surface area (Å²) in [6.07, 6.45) is 9.96. The summed E-state index contributed by atoms with van der Waals surface area (Å²) < 4.78 is 0.942. The van der Waals surface area contributed by atoms with Gasteiger partial charge in [-0.1, -0.05) is 67.1 Å². The van der Waals surface area contributed by atoms with Crippen LogP contribution in [0.5, 0.6) is 0 Å². The summed E-state index contributed by atoms with van der Waals surface area (Å²) in [5.74, 6) is 2.23. The van der Waals surface area contributed by atoms with Gasteiger partial charge in [-0.2, -0.15) is 0 Å². The van der Waals surface area contributed by atoms with E-state index in [0.717, 1.165) is 29.2 Å². The van der Waals surface area contributed by atoms with Gasteiger partial charge < -0.3 is 14.3 Å². The van der Waals surface area contributed by atoms with Gasteiger partial charge in [-0.15, -0.1) is 0 Å². The number of pyridine rings is 2. The average molecular weight is 567 g/mol. The predicted molar refractivity (Wildman–Crippen MR) is 166 cm³/mol. The molecule has 5 heterocycles. The largest absolute Gasteiger partial charge is 0.325 e. The third-order valence-electron chi connectivity index (χ3n) is 8.36. The molecule has 2 aromatic heterocycles. The first-order valence-corrected chi connectivity index (χ1v) is 16.0. The Hall–Kier alpha value is -3.00. The molecule has 7 heteroatoms. The Labute approximate surface area is 246 Å². The zero-order chi connectivity index (χ0) is 27.1. The van der Waals surface area contributed by atoms with Gasteiger partial charge in [-0.25, -0.2) is 9.97 Å². The number of para-hydroxylation sites is 2. The van der Waals surface area contributed by atoms with Gasteiger partial charge in [-0.05, 0) is 61.4 Å². The Morgan fingerprint density at radius 3 is 1.55 bits per heavy atom. The SMILES string of the molecule is C[N+]1(C)CC(N2c3ccccc3Sc3cccnc32)CCCCCC(N2c3ccccc3Sc3cccnc32)C1. The van der Waals surface area contributed by atoms with Gasteiger partial charge in [0, 0.05) is 22.2 Å². The van der Waals surface area contributed by atoms with Crippen LogP contribution in [0.2, 0.25) is 0 Å². The van der Waals surface area contributed by atoms with Crippen molar-refractivity contribution in [1.29, 1.82) is 0 Å². The third kappa shape index (κ3) is 4.89. The Morgan fingerprint density at radius 1 is 0.600 bits per heavy atom. The summed E-state index contributed by atoms with van der Waals surface area (Å²) in [7, 11) is 4.85. The van der Waals surface area contributed by atoms with Crippen LogP contribution in [0.15, 0.2) is 105 Å². The lowest BCUT2D eigenvalue weighted by molar-refractivity contribution is -0.892. The number of rotatable bonds is 2. The van der Waals surface area contributed by atoms with E-state index in [9.17, 15) is 0 Å². The number of aromatic nitrogens is 2. The number of anilines is 4. The second-order valence-electron chi connectivity index (χ2n) is 11.8. The number of nitrogens with zero attached hydrogens (tertiary/aromatic N) is 5. The molecule has 7 rings (SSSR count). The number of benzene rings is 2. The van der Waals surface area contributed by atoms with Gasteiger partial charge in [0.1, 0.15) is 11.6 Å². The zero-order valence-electron chi connectivity index (χ0n) is 23.2. The van der Waals surface area contributed by atoms with Crippen molar-refractivity contribution in [3.8, 4) is 0 Å². The van der Waals surface area contributed by atoms with E-state index < -0.39 is 0 Å². The van der Waals surface area contributed by atoms with E-state index in [2.05, 4.69) is 96.7 Å². The van der Waals surface area contributed by atoms with E-state index in [1.54, 1.807) is 0 Å². The molecule has 0 N–H and O–H groups in total. The van der Waals surface area contributed by atoms with Crippen LogP contribution in [-0.4, -0.2) is 53.7 Å². The van der Waals surface area contributed by atoms with Crippen molar-refractivity contribution in [3.05, 3.63) is 85.2 Å². The first kappa shape index (κ1) is 25.9. The van der Waals surface area contributed by atoms with Crippen LogP contribution in [0.3, 0.4) is 0 Å². The Kier molecular flexibility index (Phi) is 6.98. The van der Waals surface area contributed by atoms with Crippen LogP contribution in [-0.2, 0) is 0 Å². The summed E-state index contributed by atoms with van der Waals surface area (Å²) >= 11 is 3.70. The second kappa shape index (κ2) is 10.8. The highest BCUT2D eigenvalue weighted by Gasteiger charge is 2.38. The van der Waals surface area contributed by atoms with E-state index in [4.69, 9.17) is 9.97 Å². The smallest absolute Gasteiger partial charge is 0.147 e. The zero-order valence-corrected chi connectivity index (χ0v) is 24.9. The molecule has 5 nitrogen and oxygen atoms in total. The van der Waals surface area contributed by atoms with Crippen molar-refractivity contribution in [2.75, 3.05) is 37.0 Å². The second-order valence-corrected chi connectivity index (χ2v) is 13.9. The molecule has 2 aromatic carbocycles. The molecule has 2 atom stereocenters. The molecule has 0 spiro atoms. The van der Waals surface area contributed by atoms with Gasteiger partial charge >= 0.3 is 0 Å².